The van der Waals surface area contributed by atoms with Gasteiger partial charge in [0.25, 0.3) is 0 Å². The van der Waals surface area contributed by atoms with Crippen LogP contribution in [0.15, 0.2) is 36.5 Å². The van der Waals surface area contributed by atoms with E-state index >= 15 is 0 Å². The van der Waals surface area contributed by atoms with Crippen molar-refractivity contribution >= 4 is 0 Å². The van der Waals surface area contributed by atoms with Gasteiger partial charge < -0.3 is 5.11 Å². The van der Waals surface area contributed by atoms with Crippen LogP contribution in [-0.2, 0) is 6.42 Å². The standard InChI is InChI=1S/C14H17N3O/c18-14(11-6-7-11)9-8-13-10-15-16-17(13)12-4-2-1-3-5-12/h1-5,10-11,14,18H,6-9H2. The second-order valence-corrected chi connectivity index (χ2v) is 4.92. The van der Waals surface area contributed by atoms with Crippen LogP contribution in [0.2, 0.25) is 0 Å². The van der Waals surface area contributed by atoms with E-state index in [2.05, 4.69) is 10.3 Å². The Kier molecular flexibility index (Phi) is 3.11. The van der Waals surface area contributed by atoms with Gasteiger partial charge in [0.05, 0.1) is 23.7 Å². The Morgan fingerprint density at radius 1 is 1.28 bits per heavy atom. The smallest absolute Gasteiger partial charge is 0.0729 e. The Hall–Kier alpha value is -1.68. The van der Waals surface area contributed by atoms with Crippen LogP contribution in [0.4, 0.5) is 0 Å². The van der Waals surface area contributed by atoms with Gasteiger partial charge in [-0.05, 0) is 43.7 Å². The number of benzene rings is 1. The monoisotopic (exact) mass is 243 g/mol. The highest BCUT2D eigenvalue weighted by Crippen LogP contribution is 2.34. The van der Waals surface area contributed by atoms with Crippen molar-refractivity contribution in [1.29, 1.82) is 0 Å². The number of aromatic nitrogens is 3. The molecule has 1 atom stereocenters. The zero-order valence-corrected chi connectivity index (χ0v) is 10.2. The molecule has 0 bridgehead atoms. The molecule has 0 aliphatic heterocycles. The van der Waals surface area contributed by atoms with E-state index in [0.29, 0.717) is 5.92 Å². The van der Waals surface area contributed by atoms with Crippen LogP contribution in [0, 0.1) is 5.92 Å². The van der Waals surface area contributed by atoms with Gasteiger partial charge in [0.2, 0.25) is 0 Å². The van der Waals surface area contributed by atoms with Gasteiger partial charge in [-0.15, -0.1) is 5.10 Å². The number of aliphatic hydroxyl groups is 1. The average molecular weight is 243 g/mol. The molecule has 0 amide bonds. The fourth-order valence-corrected chi connectivity index (χ4v) is 2.23. The molecule has 1 fully saturated rings. The van der Waals surface area contributed by atoms with E-state index in [4.69, 9.17) is 0 Å². The molecule has 1 aromatic carbocycles. The van der Waals surface area contributed by atoms with Crippen LogP contribution in [0.25, 0.3) is 5.69 Å². The summed E-state index contributed by atoms with van der Waals surface area (Å²) in [6.45, 7) is 0. The van der Waals surface area contributed by atoms with E-state index in [-0.39, 0.29) is 6.10 Å². The maximum absolute atomic E-state index is 9.90. The topological polar surface area (TPSA) is 50.9 Å². The first-order chi connectivity index (χ1) is 8.84. The molecule has 0 radical (unpaired) electrons. The van der Waals surface area contributed by atoms with Crippen molar-refractivity contribution in [3.63, 3.8) is 0 Å². The van der Waals surface area contributed by atoms with Crippen molar-refractivity contribution in [2.75, 3.05) is 0 Å². The molecule has 1 aliphatic carbocycles. The van der Waals surface area contributed by atoms with Gasteiger partial charge in [0, 0.05) is 0 Å². The minimum atomic E-state index is -0.163. The number of hydrogen-bond acceptors (Lipinski definition) is 3. The van der Waals surface area contributed by atoms with Gasteiger partial charge in [-0.1, -0.05) is 23.4 Å². The predicted octanol–water partition coefficient (Wildman–Crippen LogP) is 1.97. The third-order valence-electron chi connectivity index (χ3n) is 3.48. The normalized spacial score (nSPS) is 16.7. The molecule has 3 rings (SSSR count). The van der Waals surface area contributed by atoms with Gasteiger partial charge in [0.1, 0.15) is 0 Å². The van der Waals surface area contributed by atoms with Gasteiger partial charge >= 0.3 is 0 Å². The summed E-state index contributed by atoms with van der Waals surface area (Å²) in [6, 6.07) is 9.97. The van der Waals surface area contributed by atoms with Crippen LogP contribution in [0.3, 0.4) is 0 Å². The third-order valence-corrected chi connectivity index (χ3v) is 3.48. The summed E-state index contributed by atoms with van der Waals surface area (Å²) < 4.78 is 1.85. The number of aryl methyl sites for hydroxylation is 1. The van der Waals surface area contributed by atoms with Crippen molar-refractivity contribution in [1.82, 2.24) is 15.0 Å². The highest BCUT2D eigenvalue weighted by Gasteiger charge is 2.29. The zero-order valence-electron chi connectivity index (χ0n) is 10.2. The van der Waals surface area contributed by atoms with Gasteiger partial charge in [0.15, 0.2) is 0 Å². The van der Waals surface area contributed by atoms with Crippen LogP contribution in [0.1, 0.15) is 25.0 Å². The first-order valence-corrected chi connectivity index (χ1v) is 6.47. The first kappa shape index (κ1) is 11.4. The maximum atomic E-state index is 9.90. The predicted molar refractivity (Wildman–Crippen MR) is 68.4 cm³/mol. The largest absolute Gasteiger partial charge is 0.393 e. The lowest BCUT2D eigenvalue weighted by molar-refractivity contribution is 0.141. The molecule has 0 spiro atoms. The molecule has 1 N–H and O–H groups in total. The Morgan fingerprint density at radius 3 is 2.78 bits per heavy atom. The summed E-state index contributed by atoms with van der Waals surface area (Å²) >= 11 is 0. The maximum Gasteiger partial charge on any atom is 0.0729 e. The van der Waals surface area contributed by atoms with Crippen LogP contribution < -0.4 is 0 Å². The molecule has 94 valence electrons. The summed E-state index contributed by atoms with van der Waals surface area (Å²) in [4.78, 5) is 0. The Bertz CT molecular complexity index is 505. The molecular formula is C14H17N3O. The SMILES string of the molecule is OC(CCc1cnnn1-c1ccccc1)C1CC1. The van der Waals surface area contributed by atoms with E-state index in [0.717, 1.165) is 24.2 Å². The van der Waals surface area contributed by atoms with E-state index in [1.54, 1.807) is 6.20 Å². The number of para-hydroxylation sites is 1. The number of aliphatic hydroxyl groups excluding tert-OH is 1. The lowest BCUT2D eigenvalue weighted by atomic mass is 10.1. The fourth-order valence-electron chi connectivity index (χ4n) is 2.23. The molecule has 2 aromatic rings. The molecule has 1 aliphatic rings. The second-order valence-electron chi connectivity index (χ2n) is 4.92. The average Bonchev–Trinajstić information content (AvgIpc) is 3.16. The minimum Gasteiger partial charge on any atom is -0.393 e. The lowest BCUT2D eigenvalue weighted by Gasteiger charge is -2.09. The van der Waals surface area contributed by atoms with Crippen LogP contribution in [0.5, 0.6) is 0 Å². The molecule has 1 heterocycles. The molecule has 0 saturated heterocycles. The number of rotatable bonds is 5. The first-order valence-electron chi connectivity index (χ1n) is 6.47. The summed E-state index contributed by atoms with van der Waals surface area (Å²) in [5.41, 5.74) is 2.08. The van der Waals surface area contributed by atoms with E-state index in [1.807, 2.05) is 35.0 Å². The van der Waals surface area contributed by atoms with Crippen molar-refractivity contribution in [2.24, 2.45) is 5.92 Å². The molecule has 18 heavy (non-hydrogen) atoms. The highest BCUT2D eigenvalue weighted by molar-refractivity contribution is 5.31. The highest BCUT2D eigenvalue weighted by atomic mass is 16.3. The van der Waals surface area contributed by atoms with Crippen molar-refractivity contribution < 1.29 is 5.11 Å². The van der Waals surface area contributed by atoms with Crippen molar-refractivity contribution in [2.45, 2.75) is 31.8 Å². The zero-order chi connectivity index (χ0) is 12.4. The molecule has 1 saturated carbocycles. The van der Waals surface area contributed by atoms with E-state index in [9.17, 15) is 5.11 Å². The minimum absolute atomic E-state index is 0.163. The molecule has 1 aromatic heterocycles. The molecule has 1 unspecified atom stereocenters. The van der Waals surface area contributed by atoms with Gasteiger partial charge in [-0.25, -0.2) is 4.68 Å². The number of hydrogen-bond donors (Lipinski definition) is 1. The number of nitrogens with zero attached hydrogens (tertiary/aromatic N) is 3. The van der Waals surface area contributed by atoms with Crippen LogP contribution >= 0.6 is 0 Å². The molecule has 4 nitrogen and oxygen atoms in total. The molecular weight excluding hydrogens is 226 g/mol. The quantitative estimate of drug-likeness (QED) is 0.873. The third kappa shape index (κ3) is 2.43. The fraction of sp³-hybridized carbons (Fsp3) is 0.429. The molecule has 4 heteroatoms. The summed E-state index contributed by atoms with van der Waals surface area (Å²) in [5.74, 6) is 0.533. The summed E-state index contributed by atoms with van der Waals surface area (Å²) in [7, 11) is 0. The van der Waals surface area contributed by atoms with Crippen LogP contribution in [-0.4, -0.2) is 26.2 Å². The van der Waals surface area contributed by atoms with E-state index in [1.165, 1.54) is 12.8 Å². The van der Waals surface area contributed by atoms with Gasteiger partial charge in [-0.3, -0.25) is 0 Å². The van der Waals surface area contributed by atoms with E-state index < -0.39 is 0 Å². The van der Waals surface area contributed by atoms with Crippen molar-refractivity contribution in [3.8, 4) is 5.69 Å². The lowest BCUT2D eigenvalue weighted by Crippen LogP contribution is -2.12. The summed E-state index contributed by atoms with van der Waals surface area (Å²) in [5, 5.41) is 18.0. The second kappa shape index (κ2) is 4.90. The summed E-state index contributed by atoms with van der Waals surface area (Å²) in [6.07, 6.45) is 5.59. The Balaban J connectivity index is 1.71. The Morgan fingerprint density at radius 2 is 2.06 bits per heavy atom. The van der Waals surface area contributed by atoms with Gasteiger partial charge in [-0.2, -0.15) is 0 Å². The van der Waals surface area contributed by atoms with Crippen molar-refractivity contribution in [3.05, 3.63) is 42.2 Å². The Labute approximate surface area is 106 Å².